The molecule has 90 valence electrons. The third-order valence-corrected chi connectivity index (χ3v) is 4.21. The van der Waals surface area contributed by atoms with E-state index in [2.05, 4.69) is 40.7 Å². The normalized spacial score (nSPS) is 32.7. The molecule has 2 nitrogen and oxygen atoms in total. The third-order valence-electron chi connectivity index (χ3n) is 4.21. The number of allylic oxidation sites excluding steroid dienone is 2. The topological polar surface area (TPSA) is 18.5 Å². The summed E-state index contributed by atoms with van der Waals surface area (Å²) in [5.41, 5.74) is 0.927. The Morgan fingerprint density at radius 3 is 2.25 bits per heavy atom. The van der Waals surface area contributed by atoms with Gasteiger partial charge in [0.1, 0.15) is 0 Å². The van der Waals surface area contributed by atoms with Crippen molar-refractivity contribution < 1.29 is 9.31 Å². The zero-order chi connectivity index (χ0) is 12.0. The lowest BCUT2D eigenvalue weighted by atomic mass is 9.70. The van der Waals surface area contributed by atoms with Crippen molar-refractivity contribution in [3.63, 3.8) is 0 Å². The molecule has 1 saturated heterocycles. The van der Waals surface area contributed by atoms with Gasteiger partial charge in [-0.3, -0.25) is 0 Å². The van der Waals surface area contributed by atoms with E-state index in [4.69, 9.17) is 9.31 Å². The largest absolute Gasteiger partial charge is 0.490 e. The minimum absolute atomic E-state index is 0.118. The highest BCUT2D eigenvalue weighted by atomic mass is 16.7. The lowest BCUT2D eigenvalue weighted by Gasteiger charge is -2.32. The highest BCUT2D eigenvalue weighted by Crippen LogP contribution is 2.40. The fraction of sp³-hybridized carbons (Fsp3) is 0.846. The lowest BCUT2D eigenvalue weighted by molar-refractivity contribution is 0.00578. The van der Waals surface area contributed by atoms with Crippen LogP contribution in [0.5, 0.6) is 0 Å². The summed E-state index contributed by atoms with van der Waals surface area (Å²) >= 11 is 0. The first-order valence-corrected chi connectivity index (χ1v) is 6.36. The summed E-state index contributed by atoms with van der Waals surface area (Å²) < 4.78 is 12.1. The molecule has 2 rings (SSSR count). The number of hydrogen-bond donors (Lipinski definition) is 0. The van der Waals surface area contributed by atoms with Gasteiger partial charge in [-0.05, 0) is 58.3 Å². The van der Waals surface area contributed by atoms with Crippen molar-refractivity contribution >= 4 is 7.12 Å². The summed E-state index contributed by atoms with van der Waals surface area (Å²) in [5.74, 6) is 0.763. The zero-order valence-electron chi connectivity index (χ0n) is 11.2. The Hall–Kier alpha value is -0.275. The summed E-state index contributed by atoms with van der Waals surface area (Å²) in [5, 5.41) is 0. The molecule has 1 aliphatic heterocycles. The molecule has 0 bridgehead atoms. The van der Waals surface area contributed by atoms with E-state index < -0.39 is 0 Å². The van der Waals surface area contributed by atoms with Gasteiger partial charge in [0.05, 0.1) is 11.2 Å². The molecule has 1 aliphatic carbocycles. The second kappa shape index (κ2) is 3.88. The van der Waals surface area contributed by atoms with Crippen molar-refractivity contribution in [2.45, 2.75) is 65.1 Å². The molecule has 16 heavy (non-hydrogen) atoms. The van der Waals surface area contributed by atoms with Gasteiger partial charge in [0.25, 0.3) is 0 Å². The second-order valence-electron chi connectivity index (χ2n) is 6.25. The Bertz CT molecular complexity index is 291. The van der Waals surface area contributed by atoms with Crippen LogP contribution in [0.2, 0.25) is 0 Å². The molecule has 0 aromatic carbocycles. The Balaban J connectivity index is 2.11. The Labute approximate surface area is 99.5 Å². The molecule has 1 unspecified atom stereocenters. The molecule has 3 heteroatoms. The summed E-state index contributed by atoms with van der Waals surface area (Å²) in [7, 11) is -0.118. The van der Waals surface area contributed by atoms with Gasteiger partial charge in [-0.2, -0.15) is 0 Å². The van der Waals surface area contributed by atoms with Crippen LogP contribution in [0.3, 0.4) is 0 Å². The second-order valence-corrected chi connectivity index (χ2v) is 6.25. The van der Waals surface area contributed by atoms with Crippen molar-refractivity contribution in [2.75, 3.05) is 0 Å². The van der Waals surface area contributed by atoms with Gasteiger partial charge >= 0.3 is 7.12 Å². The van der Waals surface area contributed by atoms with Crippen LogP contribution in [0, 0.1) is 5.92 Å². The fourth-order valence-corrected chi connectivity index (χ4v) is 2.33. The van der Waals surface area contributed by atoms with Crippen molar-refractivity contribution in [2.24, 2.45) is 5.92 Å². The standard InChI is InChI=1S/C13H23BO2/c1-10-7-6-8-11(9-10)14-15-12(2,3)13(4,5)16-14/h8,10H,6-7,9H2,1-5H3. The quantitative estimate of drug-likeness (QED) is 0.633. The van der Waals surface area contributed by atoms with Crippen LogP contribution in [0.25, 0.3) is 0 Å². The van der Waals surface area contributed by atoms with Gasteiger partial charge in [-0.1, -0.05) is 13.0 Å². The molecule has 0 aromatic heterocycles. The average Bonchev–Trinajstić information content (AvgIpc) is 2.36. The van der Waals surface area contributed by atoms with Gasteiger partial charge < -0.3 is 9.31 Å². The first kappa shape index (κ1) is 12.2. The molecule has 0 amide bonds. The van der Waals surface area contributed by atoms with E-state index in [9.17, 15) is 0 Å². The van der Waals surface area contributed by atoms with Gasteiger partial charge in [0, 0.05) is 0 Å². The number of rotatable bonds is 1. The monoisotopic (exact) mass is 222 g/mol. The molecule has 1 fully saturated rings. The summed E-state index contributed by atoms with van der Waals surface area (Å²) in [6, 6.07) is 0. The van der Waals surface area contributed by atoms with E-state index in [1.807, 2.05) is 0 Å². The maximum absolute atomic E-state index is 6.06. The van der Waals surface area contributed by atoms with Crippen molar-refractivity contribution in [1.82, 2.24) is 0 Å². The Morgan fingerprint density at radius 2 is 1.75 bits per heavy atom. The van der Waals surface area contributed by atoms with E-state index >= 15 is 0 Å². The van der Waals surface area contributed by atoms with Crippen LogP contribution in [-0.4, -0.2) is 18.3 Å². The van der Waals surface area contributed by atoms with Gasteiger partial charge in [-0.25, -0.2) is 0 Å². The summed E-state index contributed by atoms with van der Waals surface area (Å²) in [6.07, 6.45) is 5.89. The Kier molecular flexibility index (Phi) is 2.96. The first-order chi connectivity index (χ1) is 7.32. The van der Waals surface area contributed by atoms with Crippen LogP contribution in [-0.2, 0) is 9.31 Å². The molecule has 0 aromatic rings. The van der Waals surface area contributed by atoms with Crippen LogP contribution in [0.4, 0.5) is 0 Å². The minimum Gasteiger partial charge on any atom is -0.400 e. The van der Waals surface area contributed by atoms with E-state index in [1.54, 1.807) is 0 Å². The predicted octanol–water partition coefficient (Wildman–Crippen LogP) is 3.36. The van der Waals surface area contributed by atoms with Crippen LogP contribution in [0.15, 0.2) is 11.5 Å². The summed E-state index contributed by atoms with van der Waals surface area (Å²) in [4.78, 5) is 0. The van der Waals surface area contributed by atoms with Crippen LogP contribution < -0.4 is 0 Å². The molecule has 1 atom stereocenters. The Morgan fingerprint density at radius 1 is 1.19 bits per heavy atom. The van der Waals surface area contributed by atoms with Gasteiger partial charge in [0.2, 0.25) is 0 Å². The van der Waals surface area contributed by atoms with E-state index in [-0.39, 0.29) is 18.3 Å². The van der Waals surface area contributed by atoms with E-state index in [0.717, 1.165) is 12.3 Å². The highest BCUT2D eigenvalue weighted by molar-refractivity contribution is 6.54. The fourth-order valence-electron chi connectivity index (χ4n) is 2.33. The van der Waals surface area contributed by atoms with Gasteiger partial charge in [-0.15, -0.1) is 0 Å². The van der Waals surface area contributed by atoms with E-state index in [0.29, 0.717) is 0 Å². The first-order valence-electron chi connectivity index (χ1n) is 6.36. The smallest absolute Gasteiger partial charge is 0.400 e. The minimum atomic E-state index is -0.209. The zero-order valence-corrected chi connectivity index (χ0v) is 11.2. The van der Waals surface area contributed by atoms with E-state index in [1.165, 1.54) is 18.3 Å². The SMILES string of the molecule is CC1CCC=C(B2OC(C)(C)C(C)(C)O2)C1. The van der Waals surface area contributed by atoms with Crippen LogP contribution in [0.1, 0.15) is 53.9 Å². The maximum atomic E-state index is 6.06. The summed E-state index contributed by atoms with van der Waals surface area (Å²) in [6.45, 7) is 10.7. The molecular weight excluding hydrogens is 199 g/mol. The molecule has 0 radical (unpaired) electrons. The molecule has 0 spiro atoms. The van der Waals surface area contributed by atoms with Gasteiger partial charge in [0.15, 0.2) is 0 Å². The number of hydrogen-bond acceptors (Lipinski definition) is 2. The molecule has 0 saturated carbocycles. The predicted molar refractivity (Wildman–Crippen MR) is 67.2 cm³/mol. The third kappa shape index (κ3) is 2.08. The molecule has 2 aliphatic rings. The van der Waals surface area contributed by atoms with Crippen molar-refractivity contribution in [1.29, 1.82) is 0 Å². The molecule has 1 heterocycles. The maximum Gasteiger partial charge on any atom is 0.490 e. The van der Waals surface area contributed by atoms with Crippen molar-refractivity contribution in [3.8, 4) is 0 Å². The van der Waals surface area contributed by atoms with Crippen LogP contribution >= 0.6 is 0 Å². The lowest BCUT2D eigenvalue weighted by Crippen LogP contribution is -2.41. The molecule has 0 N–H and O–H groups in total. The average molecular weight is 222 g/mol. The molecular formula is C13H23BO2. The van der Waals surface area contributed by atoms with Crippen molar-refractivity contribution in [3.05, 3.63) is 11.5 Å². The highest BCUT2D eigenvalue weighted by Gasteiger charge is 2.52.